The van der Waals surface area contributed by atoms with Crippen molar-refractivity contribution >= 4 is 23.2 Å². The van der Waals surface area contributed by atoms with Gasteiger partial charge in [-0.1, -0.05) is 17.7 Å². The highest BCUT2D eigenvalue weighted by Gasteiger charge is 2.25. The molecule has 1 aliphatic rings. The van der Waals surface area contributed by atoms with Crippen molar-refractivity contribution in [3.63, 3.8) is 0 Å². The molecule has 0 saturated heterocycles. The Kier molecular flexibility index (Phi) is 3.36. The lowest BCUT2D eigenvalue weighted by molar-refractivity contribution is 0.0980. The number of hydrogen-bond acceptors (Lipinski definition) is 2. The molecule has 0 aromatic heterocycles. The molecule has 3 nitrogen and oxygen atoms in total. The molecule has 20 heavy (non-hydrogen) atoms. The standard InChI is InChI=1S/C16H14ClNO2/c1-20-14-5-6-15-11(9-14)7-8-18(16(15)19)13-4-2-3-12(17)10-13/h2-6,9-10H,7-8H2,1H3. The molecule has 0 aliphatic carbocycles. The fourth-order valence-electron chi connectivity index (χ4n) is 2.48. The van der Waals surface area contributed by atoms with Crippen LogP contribution in [-0.4, -0.2) is 19.6 Å². The summed E-state index contributed by atoms with van der Waals surface area (Å²) in [6.07, 6.45) is 0.810. The van der Waals surface area contributed by atoms with Crippen LogP contribution in [0.3, 0.4) is 0 Å². The predicted molar refractivity (Wildman–Crippen MR) is 79.8 cm³/mol. The van der Waals surface area contributed by atoms with Gasteiger partial charge in [0.15, 0.2) is 0 Å². The largest absolute Gasteiger partial charge is 0.497 e. The maximum atomic E-state index is 12.6. The maximum Gasteiger partial charge on any atom is 0.258 e. The van der Waals surface area contributed by atoms with E-state index in [0.717, 1.165) is 29.0 Å². The molecule has 0 unspecified atom stereocenters. The number of benzene rings is 2. The van der Waals surface area contributed by atoms with Crippen LogP contribution in [0, 0.1) is 0 Å². The van der Waals surface area contributed by atoms with Crippen molar-refractivity contribution in [3.8, 4) is 5.75 Å². The van der Waals surface area contributed by atoms with E-state index in [0.29, 0.717) is 11.6 Å². The number of amides is 1. The van der Waals surface area contributed by atoms with Crippen molar-refractivity contribution in [1.82, 2.24) is 0 Å². The Bertz CT molecular complexity index is 669. The number of anilines is 1. The molecule has 0 atom stereocenters. The molecule has 2 aromatic carbocycles. The van der Waals surface area contributed by atoms with Crippen LogP contribution >= 0.6 is 11.6 Å². The molecule has 0 spiro atoms. The molecule has 102 valence electrons. The minimum Gasteiger partial charge on any atom is -0.497 e. The first-order valence-electron chi connectivity index (χ1n) is 6.43. The summed E-state index contributed by atoms with van der Waals surface area (Å²) in [5, 5.41) is 0.635. The lowest BCUT2D eigenvalue weighted by Gasteiger charge is -2.29. The van der Waals surface area contributed by atoms with Gasteiger partial charge in [0.05, 0.1) is 7.11 Å². The quantitative estimate of drug-likeness (QED) is 0.845. The Balaban J connectivity index is 1.97. The van der Waals surface area contributed by atoms with Crippen molar-refractivity contribution in [3.05, 3.63) is 58.6 Å². The summed E-state index contributed by atoms with van der Waals surface area (Å²) in [7, 11) is 1.63. The molecule has 1 amide bonds. The van der Waals surface area contributed by atoms with E-state index in [1.165, 1.54) is 0 Å². The number of rotatable bonds is 2. The second-order valence-corrected chi connectivity index (χ2v) is 5.15. The monoisotopic (exact) mass is 287 g/mol. The van der Waals surface area contributed by atoms with Gasteiger partial charge in [-0.3, -0.25) is 4.79 Å². The Morgan fingerprint density at radius 3 is 2.80 bits per heavy atom. The van der Waals surface area contributed by atoms with Gasteiger partial charge in [-0.2, -0.15) is 0 Å². The predicted octanol–water partition coefficient (Wildman–Crippen LogP) is 3.55. The van der Waals surface area contributed by atoms with E-state index in [2.05, 4.69) is 0 Å². The number of fused-ring (bicyclic) bond motifs is 1. The third kappa shape index (κ3) is 2.25. The first-order valence-corrected chi connectivity index (χ1v) is 6.81. The molecule has 0 bridgehead atoms. The van der Waals surface area contributed by atoms with E-state index in [4.69, 9.17) is 16.3 Å². The molecular formula is C16H14ClNO2. The zero-order valence-corrected chi connectivity index (χ0v) is 11.9. The zero-order chi connectivity index (χ0) is 14.1. The van der Waals surface area contributed by atoms with Crippen molar-refractivity contribution in [2.24, 2.45) is 0 Å². The molecule has 2 aromatic rings. The fourth-order valence-corrected chi connectivity index (χ4v) is 2.67. The highest BCUT2D eigenvalue weighted by atomic mass is 35.5. The molecule has 4 heteroatoms. The SMILES string of the molecule is COc1ccc2c(c1)CCN(c1cccc(Cl)c1)C2=O. The van der Waals surface area contributed by atoms with Gasteiger partial charge in [0.2, 0.25) is 0 Å². The summed E-state index contributed by atoms with van der Waals surface area (Å²) in [5.41, 5.74) is 2.61. The molecule has 0 fully saturated rings. The lowest BCUT2D eigenvalue weighted by Crippen LogP contribution is -2.37. The topological polar surface area (TPSA) is 29.5 Å². The number of methoxy groups -OCH3 is 1. The van der Waals surface area contributed by atoms with Gasteiger partial charge in [-0.25, -0.2) is 0 Å². The Hall–Kier alpha value is -2.00. The molecule has 1 heterocycles. The second kappa shape index (κ2) is 5.17. The van der Waals surface area contributed by atoms with Gasteiger partial charge in [-0.05, 0) is 48.4 Å². The fraction of sp³-hybridized carbons (Fsp3) is 0.188. The van der Waals surface area contributed by atoms with Crippen LogP contribution in [0.25, 0.3) is 0 Å². The van der Waals surface area contributed by atoms with Crippen LogP contribution in [0.1, 0.15) is 15.9 Å². The van der Waals surface area contributed by atoms with E-state index in [9.17, 15) is 4.79 Å². The van der Waals surface area contributed by atoms with Crippen LogP contribution in [0.2, 0.25) is 5.02 Å². The Morgan fingerprint density at radius 1 is 1.20 bits per heavy atom. The smallest absolute Gasteiger partial charge is 0.258 e. The zero-order valence-electron chi connectivity index (χ0n) is 11.1. The van der Waals surface area contributed by atoms with Gasteiger partial charge in [-0.15, -0.1) is 0 Å². The number of carbonyl (C=O) groups is 1. The van der Waals surface area contributed by atoms with Crippen LogP contribution in [0.4, 0.5) is 5.69 Å². The Labute approximate surface area is 122 Å². The third-order valence-corrected chi connectivity index (χ3v) is 3.75. The number of ether oxygens (including phenoxy) is 1. The molecule has 3 rings (SSSR count). The second-order valence-electron chi connectivity index (χ2n) is 4.71. The number of halogens is 1. The normalized spacial score (nSPS) is 14.1. The number of nitrogens with zero attached hydrogens (tertiary/aromatic N) is 1. The highest BCUT2D eigenvalue weighted by Crippen LogP contribution is 2.28. The summed E-state index contributed by atoms with van der Waals surface area (Å²) >= 11 is 6.00. The summed E-state index contributed by atoms with van der Waals surface area (Å²) < 4.78 is 5.20. The van der Waals surface area contributed by atoms with E-state index >= 15 is 0 Å². The Morgan fingerprint density at radius 2 is 2.05 bits per heavy atom. The van der Waals surface area contributed by atoms with Gasteiger partial charge in [0, 0.05) is 22.8 Å². The van der Waals surface area contributed by atoms with Crippen molar-refractivity contribution in [2.75, 3.05) is 18.6 Å². The van der Waals surface area contributed by atoms with Crippen molar-refractivity contribution < 1.29 is 9.53 Å². The summed E-state index contributed by atoms with van der Waals surface area (Å²) in [6.45, 7) is 0.652. The first-order chi connectivity index (χ1) is 9.69. The van der Waals surface area contributed by atoms with Crippen molar-refractivity contribution in [1.29, 1.82) is 0 Å². The van der Waals surface area contributed by atoms with Gasteiger partial charge in [0.25, 0.3) is 5.91 Å². The molecular weight excluding hydrogens is 274 g/mol. The minimum atomic E-state index is 0.0103. The molecule has 0 N–H and O–H groups in total. The van der Waals surface area contributed by atoms with E-state index < -0.39 is 0 Å². The third-order valence-electron chi connectivity index (χ3n) is 3.51. The molecule has 0 radical (unpaired) electrons. The average molecular weight is 288 g/mol. The van der Waals surface area contributed by atoms with E-state index in [-0.39, 0.29) is 5.91 Å². The summed E-state index contributed by atoms with van der Waals surface area (Å²) in [6, 6.07) is 13.0. The van der Waals surface area contributed by atoms with Gasteiger partial charge >= 0.3 is 0 Å². The van der Waals surface area contributed by atoms with Crippen LogP contribution < -0.4 is 9.64 Å². The van der Waals surface area contributed by atoms with Crippen LogP contribution in [-0.2, 0) is 6.42 Å². The maximum absolute atomic E-state index is 12.6. The molecule has 1 aliphatic heterocycles. The number of hydrogen-bond donors (Lipinski definition) is 0. The highest BCUT2D eigenvalue weighted by molar-refractivity contribution is 6.31. The van der Waals surface area contributed by atoms with Crippen molar-refractivity contribution in [2.45, 2.75) is 6.42 Å². The van der Waals surface area contributed by atoms with E-state index in [1.54, 1.807) is 18.1 Å². The van der Waals surface area contributed by atoms with Crippen LogP contribution in [0.15, 0.2) is 42.5 Å². The van der Waals surface area contributed by atoms with Crippen LogP contribution in [0.5, 0.6) is 5.75 Å². The van der Waals surface area contributed by atoms with E-state index in [1.807, 2.05) is 36.4 Å². The minimum absolute atomic E-state index is 0.0103. The summed E-state index contributed by atoms with van der Waals surface area (Å²) in [4.78, 5) is 14.3. The lowest BCUT2D eigenvalue weighted by atomic mass is 9.98. The average Bonchev–Trinajstić information content (AvgIpc) is 2.47. The van der Waals surface area contributed by atoms with Gasteiger partial charge < -0.3 is 9.64 Å². The van der Waals surface area contributed by atoms with Gasteiger partial charge in [0.1, 0.15) is 5.75 Å². The summed E-state index contributed by atoms with van der Waals surface area (Å²) in [5.74, 6) is 0.795. The number of carbonyl (C=O) groups excluding carboxylic acids is 1. The first kappa shape index (κ1) is 13.0. The molecule has 0 saturated carbocycles.